The molecule has 3 rings (SSSR count). The number of hydrogen-bond donors (Lipinski definition) is 0. The van der Waals surface area contributed by atoms with Crippen LogP contribution in [-0.4, -0.2) is 95.0 Å². The lowest BCUT2D eigenvalue weighted by molar-refractivity contribution is 0.588. The fraction of sp³-hybridized carbons (Fsp3) is 0.704. The van der Waals surface area contributed by atoms with Crippen molar-refractivity contribution in [3.05, 3.63) is 82.0 Å². The Morgan fingerprint density at radius 1 is 0.312 bits per heavy atom. The lowest BCUT2D eigenvalue weighted by Gasteiger charge is -2.45. The van der Waals surface area contributed by atoms with Gasteiger partial charge in [-0.05, 0) is 42.6 Å². The zero-order valence-electron chi connectivity index (χ0n) is 48.2. The summed E-state index contributed by atoms with van der Waals surface area (Å²) in [7, 11) is -12.6. The molecule has 2 radical (unpaired) electrons. The molecular formula is C54H104Al2Si8. The maximum absolute atomic E-state index is 2.80. The largest absolute Gasteiger partial charge is 0.268 e. The molecule has 0 fully saturated rings. The maximum Gasteiger partial charge on any atom is 0.268 e. The predicted molar refractivity (Wildman–Crippen MR) is 325 cm³/mol. The van der Waals surface area contributed by atoms with Gasteiger partial charge in [-0.25, -0.2) is 0 Å². The molecule has 0 aliphatic heterocycles. The van der Waals surface area contributed by atoms with Gasteiger partial charge in [0, 0.05) is 64.6 Å². The van der Waals surface area contributed by atoms with Crippen LogP contribution in [0, 0.1) is 0 Å². The van der Waals surface area contributed by atoms with E-state index >= 15 is 0 Å². The molecule has 1 aliphatic rings. The zero-order chi connectivity index (χ0) is 50.2. The van der Waals surface area contributed by atoms with Crippen molar-refractivity contribution in [1.29, 1.82) is 0 Å². The van der Waals surface area contributed by atoms with E-state index < -0.39 is 64.6 Å². The van der Waals surface area contributed by atoms with E-state index in [1.165, 1.54) is 0 Å². The maximum atomic E-state index is 2.80. The standard InChI is InChI=1S/2C24H49Si4.C6H6.2Al/c2*1-24(2,3)21-17-19(22(25(4,5)6)26(7,8)9)16-20(18-21)23(27(10,11)12)28(13,14)15;1-2-4-6-5-3-1;;/h2*17-18,22-23H,1-15H3;1-6H;;. The Balaban J connectivity index is 2.43. The van der Waals surface area contributed by atoms with Gasteiger partial charge in [0.2, 0.25) is 0 Å². The molecule has 10 heteroatoms. The number of benzene rings is 2. The Kier molecular flexibility index (Phi) is 18.2. The molecule has 2 aromatic rings. The van der Waals surface area contributed by atoms with Crippen molar-refractivity contribution in [3.8, 4) is 0 Å². The first-order valence-corrected chi connectivity index (χ1v) is 56.6. The van der Waals surface area contributed by atoms with Gasteiger partial charge in [0.15, 0.2) is 0 Å². The molecule has 0 saturated heterocycles. The minimum Gasteiger partial charge on any atom is -0.117 e. The van der Waals surface area contributed by atoms with E-state index in [-0.39, 0.29) is 41.3 Å². The Hall–Kier alpha value is 0.720. The Morgan fingerprint density at radius 3 is 0.594 bits per heavy atom. The zero-order valence-corrected chi connectivity index (χ0v) is 58.5. The van der Waals surface area contributed by atoms with Crippen molar-refractivity contribution < 1.29 is 0 Å². The summed E-state index contributed by atoms with van der Waals surface area (Å²) >= 11 is 0.110. The van der Waals surface area contributed by atoms with E-state index in [1.54, 1.807) is 11.1 Å². The molecular weight excluding hydrogens is 927 g/mol. The number of rotatable bonds is 16. The summed E-state index contributed by atoms with van der Waals surface area (Å²) in [5.41, 5.74) is 10.7. The molecule has 64 heavy (non-hydrogen) atoms. The molecule has 0 spiro atoms. The van der Waals surface area contributed by atoms with Crippen LogP contribution in [0.15, 0.2) is 48.6 Å². The molecule has 1 aliphatic carbocycles. The van der Waals surface area contributed by atoms with Crippen molar-refractivity contribution >= 4 is 104 Å². The molecule has 0 N–H and O–H groups in total. The highest BCUT2D eigenvalue weighted by Crippen LogP contribution is 2.45. The van der Waals surface area contributed by atoms with Crippen molar-refractivity contribution in [1.82, 2.24) is 0 Å². The Labute approximate surface area is 421 Å². The Bertz CT molecular complexity index is 1680. The van der Waals surface area contributed by atoms with E-state index in [0.717, 1.165) is 20.7 Å². The predicted octanol–water partition coefficient (Wildman–Crippen LogP) is 16.7. The Morgan fingerprint density at radius 2 is 0.469 bits per heavy atom. The smallest absolute Gasteiger partial charge is 0.117 e. The third-order valence-corrected chi connectivity index (χ3v) is 55.0. The van der Waals surface area contributed by atoms with Crippen LogP contribution in [0.3, 0.4) is 0 Å². The lowest BCUT2D eigenvalue weighted by Crippen LogP contribution is -2.53. The average Bonchev–Trinajstić information content (AvgIpc) is 2.98. The van der Waals surface area contributed by atoms with E-state index in [9.17, 15) is 0 Å². The monoisotopic (exact) mass is 1030 g/mol. The fourth-order valence-electron chi connectivity index (χ4n) is 13.8. The first-order chi connectivity index (χ1) is 28.1. The highest BCUT2D eigenvalue weighted by molar-refractivity contribution is 6.99. The first kappa shape index (κ1) is 59.0. The van der Waals surface area contributed by atoms with Gasteiger partial charge in [-0.2, -0.15) is 0 Å². The van der Waals surface area contributed by atoms with Gasteiger partial charge in [-0.15, -0.1) is 8.85 Å². The van der Waals surface area contributed by atoms with E-state index in [1.807, 2.05) is 31.1 Å². The molecule has 0 atom stereocenters. The quantitative estimate of drug-likeness (QED) is 0.116. The first-order valence-electron chi connectivity index (χ1n) is 25.5. The van der Waals surface area contributed by atoms with Crippen molar-refractivity contribution in [3.63, 3.8) is 0 Å². The topological polar surface area (TPSA) is 0 Å². The molecule has 358 valence electrons. The third-order valence-electron chi connectivity index (χ3n) is 14.2. The normalized spacial score (nSPS) is 18.0. The van der Waals surface area contributed by atoms with Crippen LogP contribution >= 0.6 is 0 Å². The lowest BCUT2D eigenvalue weighted by atomic mass is 9.85. The highest BCUT2D eigenvalue weighted by Gasteiger charge is 2.47. The van der Waals surface area contributed by atoms with Crippen LogP contribution in [0.2, 0.25) is 167 Å². The molecule has 0 amide bonds. The summed E-state index contributed by atoms with van der Waals surface area (Å²) in [4.78, 5) is 0. The summed E-state index contributed by atoms with van der Waals surface area (Å²) in [6, 6.07) is 11.2. The van der Waals surface area contributed by atoms with Gasteiger partial charge in [0.05, 0.1) is 0 Å². The van der Waals surface area contributed by atoms with Crippen LogP contribution in [0.5, 0.6) is 0 Å². The van der Waals surface area contributed by atoms with E-state index in [0.29, 0.717) is 9.56 Å². The fourth-order valence-corrected chi connectivity index (χ4v) is 69.6. The van der Waals surface area contributed by atoms with E-state index in [2.05, 4.69) is 247 Å². The van der Waals surface area contributed by atoms with Gasteiger partial charge < -0.3 is 0 Å². The van der Waals surface area contributed by atoms with Crippen molar-refractivity contribution in [2.45, 2.75) is 240 Å². The van der Waals surface area contributed by atoms with Gasteiger partial charge in [-0.3, -0.25) is 0 Å². The SMILES string of the molecule is CC(C)(C)c1cc(C([Si](C)(C)C)[Si](C)(C)C)[c]([Al][CH]2C=C[CH]([Al][c]3c(C([Si](C)(C)C)[Si](C)(C)C)cc(C(C)(C)C)cc3C([Si](C)(C)C)[Si](C)(C)C)C=C2)c(C([Si](C)(C)C)[Si](C)(C)C)c1. The highest BCUT2D eigenvalue weighted by atomic mass is 28.4. The van der Waals surface area contributed by atoms with Gasteiger partial charge >= 0.3 is 0 Å². The molecule has 0 aromatic heterocycles. The third kappa shape index (κ3) is 14.9. The van der Waals surface area contributed by atoms with Crippen molar-refractivity contribution in [2.75, 3.05) is 0 Å². The van der Waals surface area contributed by atoms with Crippen LogP contribution in [0.4, 0.5) is 0 Å². The van der Waals surface area contributed by atoms with Crippen LogP contribution in [-0.2, 0) is 10.8 Å². The molecule has 0 unspecified atom stereocenters. The second kappa shape index (κ2) is 19.7. The van der Waals surface area contributed by atoms with Gasteiger partial charge in [-0.1, -0.05) is 279 Å². The van der Waals surface area contributed by atoms with Crippen LogP contribution in [0.1, 0.15) is 95.6 Å². The number of allylic oxidation sites excluding steroid dienone is 4. The van der Waals surface area contributed by atoms with Crippen molar-refractivity contribution in [2.24, 2.45) is 0 Å². The molecule has 0 nitrogen and oxygen atoms in total. The van der Waals surface area contributed by atoms with Gasteiger partial charge in [0.25, 0.3) is 30.4 Å². The second-order valence-electron chi connectivity index (χ2n) is 31.6. The van der Waals surface area contributed by atoms with Gasteiger partial charge in [0.1, 0.15) is 0 Å². The molecule has 0 heterocycles. The molecule has 0 bridgehead atoms. The van der Waals surface area contributed by atoms with Crippen LogP contribution < -0.4 is 8.85 Å². The second-order valence-corrected chi connectivity index (χ2v) is 79.7. The molecule has 0 saturated carbocycles. The minimum atomic E-state index is -1.57. The van der Waals surface area contributed by atoms with E-state index in [4.69, 9.17) is 0 Å². The minimum absolute atomic E-state index is 0.0550. The summed E-state index contributed by atoms with van der Waals surface area (Å²) < 4.78 is 4.76. The summed E-state index contributed by atoms with van der Waals surface area (Å²) in [5.74, 6) is 0. The number of hydrogen-bond acceptors (Lipinski definition) is 0. The summed E-state index contributed by atoms with van der Waals surface area (Å²) in [6.45, 7) is 79.6. The summed E-state index contributed by atoms with van der Waals surface area (Å²) in [5, 5.41) is 2.96. The summed E-state index contributed by atoms with van der Waals surface area (Å²) in [6.07, 6.45) is 11.0. The molecule has 2 aromatic carbocycles. The van der Waals surface area contributed by atoms with Crippen LogP contribution in [0.25, 0.3) is 0 Å². The average molecular weight is 1030 g/mol.